The Bertz CT molecular complexity index is 433. The lowest BCUT2D eigenvalue weighted by Crippen LogP contribution is -2.36. The molecule has 21 heavy (non-hydrogen) atoms. The van der Waals surface area contributed by atoms with Crippen molar-refractivity contribution in [2.45, 2.75) is 51.7 Å². The lowest BCUT2D eigenvalue weighted by molar-refractivity contribution is -0.00817. The Kier molecular flexibility index (Phi) is 7.00. The summed E-state index contributed by atoms with van der Waals surface area (Å²) in [5, 5.41) is 3.65. The van der Waals surface area contributed by atoms with Crippen LogP contribution in [0.2, 0.25) is 0 Å². The van der Waals surface area contributed by atoms with Gasteiger partial charge in [-0.2, -0.15) is 0 Å². The van der Waals surface area contributed by atoms with E-state index in [0.717, 1.165) is 36.2 Å². The van der Waals surface area contributed by atoms with E-state index in [9.17, 15) is 0 Å². The highest BCUT2D eigenvalue weighted by atomic mass is 79.9. The molecule has 0 spiro atoms. The fraction of sp³-hybridized carbons (Fsp3) is 0.647. The van der Waals surface area contributed by atoms with Crippen molar-refractivity contribution in [3.63, 3.8) is 0 Å². The second-order valence-corrected chi connectivity index (χ2v) is 6.31. The van der Waals surface area contributed by atoms with E-state index in [2.05, 4.69) is 40.3 Å². The minimum atomic E-state index is 0.261. The third kappa shape index (κ3) is 4.70. The van der Waals surface area contributed by atoms with Crippen LogP contribution in [0.4, 0.5) is 0 Å². The summed E-state index contributed by atoms with van der Waals surface area (Å²) in [5.74, 6) is 0.903. The highest BCUT2D eigenvalue weighted by molar-refractivity contribution is 9.10. The Morgan fingerprint density at radius 2 is 2.24 bits per heavy atom. The number of halogens is 1. The minimum Gasteiger partial charge on any atom is -0.493 e. The fourth-order valence-corrected chi connectivity index (χ4v) is 3.29. The molecule has 2 unspecified atom stereocenters. The molecule has 118 valence electrons. The van der Waals surface area contributed by atoms with Crippen LogP contribution in [-0.2, 0) is 4.74 Å². The largest absolute Gasteiger partial charge is 0.493 e. The summed E-state index contributed by atoms with van der Waals surface area (Å²) in [4.78, 5) is 0. The zero-order valence-electron chi connectivity index (χ0n) is 13.0. The molecule has 0 saturated carbocycles. The van der Waals surface area contributed by atoms with Gasteiger partial charge in [0.1, 0.15) is 5.75 Å². The molecule has 1 saturated heterocycles. The second kappa shape index (κ2) is 8.76. The summed E-state index contributed by atoms with van der Waals surface area (Å²) < 4.78 is 12.6. The number of ether oxygens (including phenoxy) is 2. The predicted molar refractivity (Wildman–Crippen MR) is 89.9 cm³/mol. The van der Waals surface area contributed by atoms with Gasteiger partial charge in [-0.15, -0.1) is 0 Å². The Hall–Kier alpha value is -0.580. The van der Waals surface area contributed by atoms with Gasteiger partial charge >= 0.3 is 0 Å². The van der Waals surface area contributed by atoms with Gasteiger partial charge in [0.15, 0.2) is 0 Å². The molecule has 3 nitrogen and oxygen atoms in total. The van der Waals surface area contributed by atoms with E-state index in [1.165, 1.54) is 18.4 Å². The van der Waals surface area contributed by atoms with Crippen molar-refractivity contribution in [3.05, 3.63) is 28.2 Å². The van der Waals surface area contributed by atoms with E-state index in [-0.39, 0.29) is 12.1 Å². The average Bonchev–Trinajstić information content (AvgIpc) is 2.51. The van der Waals surface area contributed by atoms with E-state index in [1.54, 1.807) is 0 Å². The number of nitrogens with one attached hydrogen (secondary N) is 1. The fourth-order valence-electron chi connectivity index (χ4n) is 2.78. The average molecular weight is 356 g/mol. The third-order valence-electron chi connectivity index (χ3n) is 3.82. The van der Waals surface area contributed by atoms with Crippen LogP contribution >= 0.6 is 15.9 Å². The number of benzene rings is 1. The molecule has 2 rings (SSSR count). The molecule has 0 aliphatic carbocycles. The van der Waals surface area contributed by atoms with Gasteiger partial charge in [-0.25, -0.2) is 0 Å². The summed E-state index contributed by atoms with van der Waals surface area (Å²) in [6, 6.07) is 6.63. The summed E-state index contributed by atoms with van der Waals surface area (Å²) in [6.07, 6.45) is 4.97. The van der Waals surface area contributed by atoms with Gasteiger partial charge in [0.2, 0.25) is 0 Å². The van der Waals surface area contributed by atoms with Crippen molar-refractivity contribution in [1.29, 1.82) is 0 Å². The molecule has 0 radical (unpaired) electrons. The number of hydrogen-bond acceptors (Lipinski definition) is 3. The zero-order valence-corrected chi connectivity index (χ0v) is 14.6. The molecular formula is C17H26BrNO2. The van der Waals surface area contributed by atoms with Gasteiger partial charge in [-0.05, 0) is 72.8 Å². The molecule has 1 fully saturated rings. The van der Waals surface area contributed by atoms with E-state index in [0.29, 0.717) is 6.61 Å². The van der Waals surface area contributed by atoms with Crippen molar-refractivity contribution in [1.82, 2.24) is 5.32 Å². The second-order valence-electron chi connectivity index (χ2n) is 5.46. The van der Waals surface area contributed by atoms with Crippen LogP contribution in [0.3, 0.4) is 0 Å². The predicted octanol–water partition coefficient (Wildman–Crippen LogP) is 4.46. The van der Waals surface area contributed by atoms with Crippen LogP contribution < -0.4 is 10.1 Å². The van der Waals surface area contributed by atoms with E-state index in [4.69, 9.17) is 9.47 Å². The Morgan fingerprint density at radius 1 is 1.38 bits per heavy atom. The molecule has 4 heteroatoms. The molecule has 1 aliphatic heterocycles. The first-order chi connectivity index (χ1) is 10.3. The summed E-state index contributed by atoms with van der Waals surface area (Å²) in [7, 11) is 0. The highest BCUT2D eigenvalue weighted by Crippen LogP contribution is 2.32. The van der Waals surface area contributed by atoms with Gasteiger partial charge in [0, 0.05) is 6.61 Å². The monoisotopic (exact) mass is 355 g/mol. The standard InChI is InChI=1S/C17H26BrNO2/c1-3-10-19-17(16-7-5-6-11-21-16)13-8-9-15(20-4-2)14(18)12-13/h8-9,12,16-17,19H,3-7,10-11H2,1-2H3. The Labute approximate surface area is 136 Å². The van der Waals surface area contributed by atoms with E-state index < -0.39 is 0 Å². The van der Waals surface area contributed by atoms with Gasteiger partial charge in [0.25, 0.3) is 0 Å². The van der Waals surface area contributed by atoms with Crippen molar-refractivity contribution < 1.29 is 9.47 Å². The molecule has 1 aromatic rings. The smallest absolute Gasteiger partial charge is 0.133 e. The quantitative estimate of drug-likeness (QED) is 0.783. The summed E-state index contributed by atoms with van der Waals surface area (Å²) in [6.45, 7) is 6.77. The molecule has 1 heterocycles. The summed E-state index contributed by atoms with van der Waals surface area (Å²) in [5.41, 5.74) is 1.27. The van der Waals surface area contributed by atoms with Crippen molar-refractivity contribution in [2.75, 3.05) is 19.8 Å². The van der Waals surface area contributed by atoms with Crippen molar-refractivity contribution in [3.8, 4) is 5.75 Å². The molecule has 0 bridgehead atoms. The normalized spacial score (nSPS) is 20.2. The molecular weight excluding hydrogens is 330 g/mol. The van der Waals surface area contributed by atoms with Gasteiger partial charge < -0.3 is 14.8 Å². The first-order valence-corrected chi connectivity index (χ1v) is 8.82. The zero-order chi connectivity index (χ0) is 15.1. The maximum absolute atomic E-state index is 6.00. The summed E-state index contributed by atoms with van der Waals surface area (Å²) >= 11 is 3.62. The SMILES string of the molecule is CCCNC(c1ccc(OCC)c(Br)c1)C1CCCCO1. The third-order valence-corrected chi connectivity index (χ3v) is 4.44. The van der Waals surface area contributed by atoms with Crippen LogP contribution in [0.25, 0.3) is 0 Å². The number of rotatable bonds is 7. The lowest BCUT2D eigenvalue weighted by atomic mass is 9.95. The maximum Gasteiger partial charge on any atom is 0.133 e. The van der Waals surface area contributed by atoms with Gasteiger partial charge in [-0.1, -0.05) is 13.0 Å². The van der Waals surface area contributed by atoms with Gasteiger partial charge in [0.05, 0.1) is 23.2 Å². The van der Waals surface area contributed by atoms with Crippen LogP contribution in [0.5, 0.6) is 5.75 Å². The first-order valence-electron chi connectivity index (χ1n) is 8.03. The van der Waals surface area contributed by atoms with Crippen molar-refractivity contribution >= 4 is 15.9 Å². The van der Waals surface area contributed by atoms with Crippen LogP contribution in [0.1, 0.15) is 51.1 Å². The molecule has 2 atom stereocenters. The molecule has 0 amide bonds. The van der Waals surface area contributed by atoms with Gasteiger partial charge in [-0.3, -0.25) is 0 Å². The van der Waals surface area contributed by atoms with Crippen molar-refractivity contribution in [2.24, 2.45) is 0 Å². The molecule has 1 aromatic carbocycles. The molecule has 0 aromatic heterocycles. The lowest BCUT2D eigenvalue weighted by Gasteiger charge is -2.32. The first kappa shape index (κ1) is 16.8. The highest BCUT2D eigenvalue weighted by Gasteiger charge is 2.26. The Balaban J connectivity index is 2.16. The number of hydrogen-bond donors (Lipinski definition) is 1. The molecule has 1 aliphatic rings. The maximum atomic E-state index is 6.00. The topological polar surface area (TPSA) is 30.5 Å². The van der Waals surface area contributed by atoms with Crippen LogP contribution in [-0.4, -0.2) is 25.9 Å². The van der Waals surface area contributed by atoms with E-state index >= 15 is 0 Å². The Morgan fingerprint density at radius 3 is 2.86 bits per heavy atom. The van der Waals surface area contributed by atoms with Crippen LogP contribution in [0.15, 0.2) is 22.7 Å². The van der Waals surface area contributed by atoms with Crippen LogP contribution in [0, 0.1) is 0 Å². The molecule has 1 N–H and O–H groups in total. The van der Waals surface area contributed by atoms with E-state index in [1.807, 2.05) is 13.0 Å². The minimum absolute atomic E-state index is 0.261.